The number of nitrogens with zero attached hydrogens (tertiary/aromatic N) is 3. The minimum absolute atomic E-state index is 0.00666. The summed E-state index contributed by atoms with van der Waals surface area (Å²) in [6.07, 6.45) is 6.77. The molecule has 0 aliphatic heterocycles. The van der Waals surface area contributed by atoms with Gasteiger partial charge in [0.05, 0.1) is 37.5 Å². The second kappa shape index (κ2) is 21.2. The maximum Gasteiger partial charge on any atom is 0.229 e. The number of benzene rings is 1. The van der Waals surface area contributed by atoms with Crippen molar-refractivity contribution in [3.63, 3.8) is 0 Å². The molecule has 1 aliphatic carbocycles. The van der Waals surface area contributed by atoms with Gasteiger partial charge in [-0.15, -0.1) is 0 Å². The fourth-order valence-corrected chi connectivity index (χ4v) is 5.53. The number of amides is 1. The first-order valence-electron chi connectivity index (χ1n) is 17.2. The quantitative estimate of drug-likeness (QED) is 0.121. The number of anilines is 3. The molecular formula is C36H54BrN5O7. The predicted octanol–water partition coefficient (Wildman–Crippen LogP) is 6.07. The molecule has 1 aromatic carbocycles. The van der Waals surface area contributed by atoms with Crippen LogP contribution in [0.25, 0.3) is 0 Å². The Labute approximate surface area is 299 Å². The third-order valence-corrected chi connectivity index (χ3v) is 8.93. The molecule has 2 N–H and O–H groups in total. The van der Waals surface area contributed by atoms with Crippen LogP contribution in [0.2, 0.25) is 0 Å². The third-order valence-electron chi connectivity index (χ3n) is 8.35. The second-order valence-electron chi connectivity index (χ2n) is 13.5. The number of halogens is 1. The second-order valence-corrected chi connectivity index (χ2v) is 14.3. The van der Waals surface area contributed by atoms with E-state index in [9.17, 15) is 14.4 Å². The van der Waals surface area contributed by atoms with Gasteiger partial charge >= 0.3 is 0 Å². The molecule has 1 saturated carbocycles. The average molecular weight is 749 g/mol. The van der Waals surface area contributed by atoms with E-state index in [0.29, 0.717) is 64.5 Å². The Kier molecular flexibility index (Phi) is 17.4. The van der Waals surface area contributed by atoms with E-state index in [2.05, 4.69) is 36.5 Å². The Hall–Kier alpha value is -3.13. The molecule has 1 atom stereocenters. The number of ketones is 2. The zero-order valence-electron chi connectivity index (χ0n) is 29.7. The van der Waals surface area contributed by atoms with Crippen molar-refractivity contribution >= 4 is 50.9 Å². The first kappa shape index (κ1) is 40.3. The molecule has 0 radical (unpaired) electrons. The summed E-state index contributed by atoms with van der Waals surface area (Å²) < 4.78 is 23.1. The van der Waals surface area contributed by atoms with E-state index in [4.69, 9.17) is 18.9 Å². The molecule has 3 rings (SSSR count). The van der Waals surface area contributed by atoms with Gasteiger partial charge in [0.25, 0.3) is 0 Å². The molecule has 2 aromatic rings. The van der Waals surface area contributed by atoms with E-state index >= 15 is 0 Å². The van der Waals surface area contributed by atoms with Gasteiger partial charge in [-0.05, 0) is 78.2 Å². The fraction of sp³-hybridized carbons (Fsp3) is 0.639. The number of Topliss-reactive ketones (excluding diaryl/α,β-unsaturated/α-hetero) is 2. The largest absolute Gasteiger partial charge is 0.494 e. The summed E-state index contributed by atoms with van der Waals surface area (Å²) in [7, 11) is 1.85. The highest BCUT2D eigenvalue weighted by molar-refractivity contribution is 9.10. The van der Waals surface area contributed by atoms with Crippen LogP contribution in [0.4, 0.5) is 17.5 Å². The van der Waals surface area contributed by atoms with Crippen molar-refractivity contribution in [2.24, 2.45) is 17.3 Å². The van der Waals surface area contributed by atoms with Crippen molar-refractivity contribution in [2.75, 3.05) is 77.0 Å². The molecule has 12 nitrogen and oxygen atoms in total. The maximum atomic E-state index is 12.4. The van der Waals surface area contributed by atoms with Crippen LogP contribution in [0.3, 0.4) is 0 Å². The Morgan fingerprint density at radius 1 is 0.980 bits per heavy atom. The molecule has 1 aromatic heterocycles. The van der Waals surface area contributed by atoms with Gasteiger partial charge in [0, 0.05) is 56.9 Å². The minimum Gasteiger partial charge on any atom is -0.494 e. The molecule has 1 fully saturated rings. The predicted molar refractivity (Wildman–Crippen MR) is 193 cm³/mol. The van der Waals surface area contributed by atoms with Crippen molar-refractivity contribution < 1.29 is 33.3 Å². The lowest BCUT2D eigenvalue weighted by Crippen LogP contribution is -2.38. The van der Waals surface area contributed by atoms with E-state index < -0.39 is 0 Å². The lowest BCUT2D eigenvalue weighted by Gasteiger charge is -2.29. The zero-order valence-corrected chi connectivity index (χ0v) is 31.3. The maximum absolute atomic E-state index is 12.4. The molecule has 49 heavy (non-hydrogen) atoms. The third kappa shape index (κ3) is 15.1. The minimum atomic E-state index is -0.296. The van der Waals surface area contributed by atoms with Gasteiger partial charge in [0.15, 0.2) is 5.78 Å². The summed E-state index contributed by atoms with van der Waals surface area (Å²) in [5.74, 6) is 1.97. The number of ether oxygens (including phenoxy) is 4. The van der Waals surface area contributed by atoms with Gasteiger partial charge in [-0.1, -0.05) is 27.2 Å². The van der Waals surface area contributed by atoms with Crippen LogP contribution < -0.4 is 15.4 Å². The van der Waals surface area contributed by atoms with E-state index in [1.165, 1.54) is 6.92 Å². The first-order chi connectivity index (χ1) is 23.4. The molecule has 0 spiro atoms. The molecule has 1 aliphatic rings. The Balaban J connectivity index is 1.19. The summed E-state index contributed by atoms with van der Waals surface area (Å²) in [4.78, 5) is 47.1. The molecule has 272 valence electrons. The van der Waals surface area contributed by atoms with Gasteiger partial charge in [-0.2, -0.15) is 4.98 Å². The number of hydrogen-bond acceptors (Lipinski definition) is 11. The van der Waals surface area contributed by atoms with Crippen LogP contribution in [0.1, 0.15) is 66.2 Å². The number of carbonyl (C=O) groups excluding carboxylic acids is 3. The van der Waals surface area contributed by atoms with Gasteiger partial charge < -0.3 is 34.5 Å². The van der Waals surface area contributed by atoms with Crippen LogP contribution in [0.5, 0.6) is 5.75 Å². The van der Waals surface area contributed by atoms with Crippen molar-refractivity contribution in [1.82, 2.24) is 14.9 Å². The summed E-state index contributed by atoms with van der Waals surface area (Å²) in [6, 6.07) is 7.63. The van der Waals surface area contributed by atoms with Crippen molar-refractivity contribution in [1.29, 1.82) is 0 Å². The van der Waals surface area contributed by atoms with Crippen LogP contribution in [-0.2, 0) is 28.6 Å². The number of likely N-dealkylation sites (N-methyl/N-ethyl adjacent to an activating group) is 1. The standard InChI is InChI=1S/C36H54BrN5O7/c1-26(43)31(36(2,3)4)23-29(44)25-48-22-21-47-20-19-46-17-6-7-18-49-30-13-11-28(12-14-30)40-35-39-24-32(37)33(41-35)38-15-16-42(5)34(45)27-9-8-10-27/h11-14,24,27,31H,6-10,15-23,25H2,1-5H3,(H2,38,39,40,41)/t31-/m0/s1. The van der Waals surface area contributed by atoms with E-state index in [1.807, 2.05) is 52.1 Å². The molecule has 1 heterocycles. The molecular weight excluding hydrogens is 694 g/mol. The number of nitrogens with one attached hydrogen (secondary N) is 2. The van der Waals surface area contributed by atoms with Crippen LogP contribution in [0, 0.1) is 17.3 Å². The van der Waals surface area contributed by atoms with Crippen LogP contribution in [-0.4, -0.2) is 98.7 Å². The van der Waals surface area contributed by atoms with Gasteiger partial charge in [-0.25, -0.2) is 4.98 Å². The number of rotatable bonds is 24. The lowest BCUT2D eigenvalue weighted by atomic mass is 9.76. The number of aromatic nitrogens is 2. The number of carbonyl (C=O) groups is 3. The van der Waals surface area contributed by atoms with Crippen LogP contribution in [0.15, 0.2) is 34.9 Å². The molecule has 0 saturated heterocycles. The normalized spacial score (nSPS) is 13.8. The lowest BCUT2D eigenvalue weighted by molar-refractivity contribution is -0.136. The molecule has 1 amide bonds. The zero-order chi connectivity index (χ0) is 35.6. The fourth-order valence-electron chi connectivity index (χ4n) is 5.20. The molecule has 0 bridgehead atoms. The van der Waals surface area contributed by atoms with Crippen molar-refractivity contribution in [3.8, 4) is 5.75 Å². The highest BCUT2D eigenvalue weighted by atomic mass is 79.9. The highest BCUT2D eigenvalue weighted by Gasteiger charge is 2.30. The van der Waals surface area contributed by atoms with Gasteiger partial charge in [0.1, 0.15) is 24.0 Å². The van der Waals surface area contributed by atoms with E-state index in [1.54, 1.807) is 11.1 Å². The average Bonchev–Trinajstić information content (AvgIpc) is 3.02. The number of hydrogen-bond donors (Lipinski definition) is 2. The topological polar surface area (TPSA) is 141 Å². The SMILES string of the molecule is CC(=O)[C@H](CC(=O)COCCOCCOCCCCOc1ccc(Nc2ncc(Br)c(NCCN(C)C(=O)C3CCC3)n2)cc1)C(C)(C)C. The van der Waals surface area contributed by atoms with Crippen LogP contribution >= 0.6 is 15.9 Å². The Morgan fingerprint density at radius 2 is 1.63 bits per heavy atom. The number of unbranched alkanes of at least 4 members (excludes halogenated alkanes) is 1. The van der Waals surface area contributed by atoms with E-state index in [0.717, 1.165) is 48.0 Å². The Bertz CT molecular complexity index is 1320. The van der Waals surface area contributed by atoms with E-state index in [-0.39, 0.29) is 47.8 Å². The highest BCUT2D eigenvalue weighted by Crippen LogP contribution is 2.30. The van der Waals surface area contributed by atoms with Gasteiger partial charge in [-0.3, -0.25) is 14.4 Å². The molecule has 13 heteroatoms. The summed E-state index contributed by atoms with van der Waals surface area (Å²) >= 11 is 3.50. The summed E-state index contributed by atoms with van der Waals surface area (Å²) in [5, 5.41) is 6.51. The first-order valence-corrected chi connectivity index (χ1v) is 18.0. The van der Waals surface area contributed by atoms with Crippen molar-refractivity contribution in [3.05, 3.63) is 34.9 Å². The molecule has 0 unspecified atom stereocenters. The smallest absolute Gasteiger partial charge is 0.229 e. The van der Waals surface area contributed by atoms with Crippen molar-refractivity contribution in [2.45, 2.75) is 66.2 Å². The Morgan fingerprint density at radius 3 is 2.27 bits per heavy atom. The monoisotopic (exact) mass is 747 g/mol. The van der Waals surface area contributed by atoms with Gasteiger partial charge in [0.2, 0.25) is 11.9 Å². The summed E-state index contributed by atoms with van der Waals surface area (Å²) in [6.45, 7) is 11.5. The summed E-state index contributed by atoms with van der Waals surface area (Å²) in [5.41, 5.74) is 0.587.